The van der Waals surface area contributed by atoms with Gasteiger partial charge < -0.3 is 0 Å². The van der Waals surface area contributed by atoms with E-state index in [1.165, 1.54) is 44.5 Å². The van der Waals surface area contributed by atoms with E-state index >= 15 is 0 Å². The van der Waals surface area contributed by atoms with Gasteiger partial charge in [-0.1, -0.05) is 0 Å². The quantitative estimate of drug-likeness (QED) is 0.182. The summed E-state index contributed by atoms with van der Waals surface area (Å²) < 4.78 is 6.78. The molecular formula is C40H42Hf. The Hall–Kier alpha value is -2.77. The Morgan fingerprint density at radius 3 is 1.39 bits per heavy atom. The first-order valence-electron chi connectivity index (χ1n) is 15.7. The molecule has 0 saturated carbocycles. The van der Waals surface area contributed by atoms with Gasteiger partial charge in [0.05, 0.1) is 0 Å². The molecule has 0 amide bonds. The summed E-state index contributed by atoms with van der Waals surface area (Å²) in [6.07, 6.45) is 8.60. The zero-order valence-corrected chi connectivity index (χ0v) is 29.1. The molecule has 7 rings (SSSR count). The molecular weight excluding hydrogens is 659 g/mol. The molecule has 1 heterocycles. The second kappa shape index (κ2) is 9.91. The van der Waals surface area contributed by atoms with Gasteiger partial charge in [0.15, 0.2) is 0 Å². The molecule has 0 bridgehead atoms. The van der Waals surface area contributed by atoms with Crippen LogP contribution in [0.3, 0.4) is 0 Å². The maximum absolute atomic E-state index is 3.05. The number of fused-ring (bicyclic) bond motifs is 6. The summed E-state index contributed by atoms with van der Waals surface area (Å²) in [6.45, 7) is 9.57. The molecule has 1 aliphatic heterocycles. The minimum absolute atomic E-state index is 0.0754. The number of hydrogen-bond acceptors (Lipinski definition) is 0. The maximum atomic E-state index is 2.77. The zero-order valence-electron chi connectivity index (χ0n) is 25.5. The van der Waals surface area contributed by atoms with Crippen LogP contribution in [0.1, 0.15) is 74.8 Å². The van der Waals surface area contributed by atoms with E-state index in [0.717, 1.165) is 19.3 Å². The van der Waals surface area contributed by atoms with E-state index in [9.17, 15) is 0 Å². The van der Waals surface area contributed by atoms with Crippen LogP contribution in [-0.2, 0) is 32.8 Å². The van der Waals surface area contributed by atoms with Gasteiger partial charge in [0.25, 0.3) is 0 Å². The molecule has 0 spiro atoms. The SMILES string of the molecule is CCc1ccccc1-c1cccc2c1C=C1[CH]2[Hf]([CH3])([CH3])[CH]2C(=Cc3c(-c4ccccc4CC)cccc32)C1(C)CC. The molecule has 2 aliphatic carbocycles. The fourth-order valence-corrected chi connectivity index (χ4v) is 26.2. The van der Waals surface area contributed by atoms with Crippen molar-refractivity contribution in [2.45, 2.75) is 63.7 Å². The fourth-order valence-electron chi connectivity index (χ4n) is 8.76. The van der Waals surface area contributed by atoms with E-state index in [1.807, 2.05) is 0 Å². The first kappa shape index (κ1) is 27.1. The standard InChI is InChI=1S/C38H36.2CH3.Hf/c1-5-26-14-8-10-18-32(26)34-20-12-16-28-22-30(24-36(28)34)38(4,7-3)31-23-29-17-13-21-35(37(29)25-31)33-19-11-9-15-27(33)6-2;;;/h8-25H,5-7H2,1-4H3;2*1H3;. The third-order valence-corrected chi connectivity index (χ3v) is 26.1. The number of hydrogen-bond donors (Lipinski definition) is 0. The summed E-state index contributed by atoms with van der Waals surface area (Å²) in [5, 5.41) is 0. The molecule has 0 radical (unpaired) electrons. The van der Waals surface area contributed by atoms with Crippen LogP contribution in [0.25, 0.3) is 34.4 Å². The van der Waals surface area contributed by atoms with Crippen molar-refractivity contribution in [1.29, 1.82) is 0 Å². The number of aryl methyl sites for hydroxylation is 2. The van der Waals surface area contributed by atoms with Gasteiger partial charge in [-0.05, 0) is 0 Å². The Labute approximate surface area is 251 Å². The van der Waals surface area contributed by atoms with E-state index in [1.54, 1.807) is 22.3 Å². The van der Waals surface area contributed by atoms with Gasteiger partial charge in [0.2, 0.25) is 0 Å². The average Bonchev–Trinajstić information content (AvgIpc) is 3.61. The van der Waals surface area contributed by atoms with Crippen LogP contribution in [0, 0.1) is 5.41 Å². The van der Waals surface area contributed by atoms with Crippen LogP contribution in [0.15, 0.2) is 96.1 Å². The molecule has 41 heavy (non-hydrogen) atoms. The molecule has 206 valence electrons. The Kier molecular flexibility index (Phi) is 6.55. The van der Waals surface area contributed by atoms with Crippen LogP contribution in [0.5, 0.6) is 0 Å². The first-order valence-corrected chi connectivity index (χ1v) is 27.0. The average molecular weight is 701 g/mol. The summed E-state index contributed by atoms with van der Waals surface area (Å²) in [4.78, 5) is 0. The van der Waals surface area contributed by atoms with Gasteiger partial charge in [-0.2, -0.15) is 0 Å². The first-order chi connectivity index (χ1) is 19.8. The van der Waals surface area contributed by atoms with Gasteiger partial charge in [-0.3, -0.25) is 0 Å². The molecule has 0 N–H and O–H groups in total. The molecule has 3 aliphatic rings. The predicted octanol–water partition coefficient (Wildman–Crippen LogP) is 11.4. The summed E-state index contributed by atoms with van der Waals surface area (Å²) in [5.41, 5.74) is 18.4. The van der Waals surface area contributed by atoms with E-state index in [0.29, 0.717) is 7.35 Å². The van der Waals surface area contributed by atoms with Gasteiger partial charge in [0.1, 0.15) is 0 Å². The molecule has 1 fully saturated rings. The van der Waals surface area contributed by atoms with E-state index in [-0.39, 0.29) is 5.41 Å². The Morgan fingerprint density at radius 1 is 0.561 bits per heavy atom. The van der Waals surface area contributed by atoms with Gasteiger partial charge in [-0.25, -0.2) is 0 Å². The van der Waals surface area contributed by atoms with Crippen LogP contribution in [0.2, 0.25) is 9.36 Å². The Morgan fingerprint density at radius 2 is 0.976 bits per heavy atom. The summed E-state index contributed by atoms with van der Waals surface area (Å²) in [7, 11) is 0. The fraction of sp³-hybridized carbons (Fsp3) is 0.300. The molecule has 4 aromatic carbocycles. The normalized spacial score (nSPS) is 23.3. The molecule has 0 nitrogen and oxygen atoms in total. The second-order valence-electron chi connectivity index (χ2n) is 13.2. The monoisotopic (exact) mass is 702 g/mol. The van der Waals surface area contributed by atoms with Crippen molar-refractivity contribution in [3.05, 3.63) is 129 Å². The van der Waals surface area contributed by atoms with Crippen molar-refractivity contribution in [1.82, 2.24) is 0 Å². The molecule has 4 aromatic rings. The molecule has 1 saturated heterocycles. The Balaban J connectivity index is 1.45. The summed E-state index contributed by atoms with van der Waals surface area (Å²) in [5.74, 6) is 0. The summed E-state index contributed by atoms with van der Waals surface area (Å²) >= 11 is -3.05. The van der Waals surface area contributed by atoms with E-state index < -0.39 is 20.0 Å². The van der Waals surface area contributed by atoms with Gasteiger partial charge >= 0.3 is 253 Å². The van der Waals surface area contributed by atoms with E-state index in [2.05, 4.69) is 134 Å². The van der Waals surface area contributed by atoms with Crippen molar-refractivity contribution in [3.63, 3.8) is 0 Å². The molecule has 1 heteroatoms. The number of allylic oxidation sites excluding steroid dienone is 2. The Bertz CT molecular complexity index is 1620. The van der Waals surface area contributed by atoms with Crippen molar-refractivity contribution >= 4 is 12.2 Å². The predicted molar refractivity (Wildman–Crippen MR) is 174 cm³/mol. The number of benzene rings is 4. The molecule has 2 atom stereocenters. The van der Waals surface area contributed by atoms with Crippen molar-refractivity contribution < 1.29 is 20.0 Å². The summed E-state index contributed by atoms with van der Waals surface area (Å²) in [6, 6.07) is 32.5. The van der Waals surface area contributed by atoms with Gasteiger partial charge in [0, 0.05) is 0 Å². The van der Waals surface area contributed by atoms with Crippen LogP contribution < -0.4 is 0 Å². The number of rotatable bonds is 5. The van der Waals surface area contributed by atoms with Crippen molar-refractivity contribution in [2.75, 3.05) is 0 Å². The second-order valence-corrected chi connectivity index (χ2v) is 30.4. The van der Waals surface area contributed by atoms with Gasteiger partial charge in [-0.15, -0.1) is 0 Å². The third-order valence-electron chi connectivity index (χ3n) is 11.0. The van der Waals surface area contributed by atoms with Crippen LogP contribution >= 0.6 is 0 Å². The van der Waals surface area contributed by atoms with Crippen molar-refractivity contribution in [2.24, 2.45) is 5.41 Å². The minimum atomic E-state index is -3.05. The van der Waals surface area contributed by atoms with Crippen LogP contribution in [-0.4, -0.2) is 0 Å². The molecule has 0 aromatic heterocycles. The zero-order chi connectivity index (χ0) is 28.5. The topological polar surface area (TPSA) is 0 Å². The van der Waals surface area contributed by atoms with Crippen molar-refractivity contribution in [3.8, 4) is 22.3 Å². The van der Waals surface area contributed by atoms with Crippen LogP contribution in [0.4, 0.5) is 0 Å². The molecule has 2 unspecified atom stereocenters. The third kappa shape index (κ3) is 3.80. The van der Waals surface area contributed by atoms with E-state index in [4.69, 9.17) is 0 Å².